The number of carbonyl (C=O) groups excluding carboxylic acids is 1. The van der Waals surface area contributed by atoms with Crippen molar-refractivity contribution >= 4 is 36.4 Å². The van der Waals surface area contributed by atoms with Crippen molar-refractivity contribution in [2.75, 3.05) is 0 Å². The Hall–Kier alpha value is -1.30. The Labute approximate surface area is 118 Å². The summed E-state index contributed by atoms with van der Waals surface area (Å²) in [4.78, 5) is 15.4. The van der Waals surface area contributed by atoms with E-state index in [2.05, 4.69) is 10.3 Å². The Kier molecular flexibility index (Phi) is 6.68. The van der Waals surface area contributed by atoms with Crippen molar-refractivity contribution in [2.45, 2.75) is 19.5 Å². The van der Waals surface area contributed by atoms with Gasteiger partial charge in [-0.2, -0.15) is 0 Å². The zero-order chi connectivity index (χ0) is 11.5. The molecule has 0 saturated heterocycles. The highest BCUT2D eigenvalue weighted by Crippen LogP contribution is 2.04. The lowest BCUT2D eigenvalue weighted by molar-refractivity contribution is -0.122. The molecule has 0 aliphatic carbocycles. The summed E-state index contributed by atoms with van der Waals surface area (Å²) in [5.74, 6) is -0.150. The fourth-order valence-corrected chi connectivity index (χ4v) is 1.41. The number of pyridine rings is 1. The summed E-state index contributed by atoms with van der Waals surface area (Å²) in [5.41, 5.74) is 7.32. The van der Waals surface area contributed by atoms with Crippen LogP contribution in [0.25, 0.3) is 5.65 Å². The zero-order valence-electron chi connectivity index (χ0n) is 9.87. The molecule has 18 heavy (non-hydrogen) atoms. The molecule has 0 aliphatic rings. The highest BCUT2D eigenvalue weighted by Gasteiger charge is 2.06. The van der Waals surface area contributed by atoms with Crippen molar-refractivity contribution in [3.8, 4) is 0 Å². The first-order valence-electron chi connectivity index (χ1n) is 5.12. The summed E-state index contributed by atoms with van der Waals surface area (Å²) in [5, 5.41) is 2.75. The molecule has 3 N–H and O–H groups in total. The summed E-state index contributed by atoms with van der Waals surface area (Å²) < 4.78 is 1.91. The van der Waals surface area contributed by atoms with E-state index in [-0.39, 0.29) is 30.7 Å². The van der Waals surface area contributed by atoms with Gasteiger partial charge in [-0.1, -0.05) is 0 Å². The Morgan fingerprint density at radius 2 is 2.22 bits per heavy atom. The number of halogens is 2. The van der Waals surface area contributed by atoms with E-state index < -0.39 is 6.04 Å². The molecule has 1 atom stereocenters. The molecule has 0 fully saturated rings. The van der Waals surface area contributed by atoms with E-state index in [4.69, 9.17) is 5.73 Å². The summed E-state index contributed by atoms with van der Waals surface area (Å²) in [7, 11) is 0. The van der Waals surface area contributed by atoms with Gasteiger partial charge in [-0.3, -0.25) is 4.79 Å². The van der Waals surface area contributed by atoms with Gasteiger partial charge in [0.2, 0.25) is 5.91 Å². The fraction of sp³-hybridized carbons (Fsp3) is 0.273. The largest absolute Gasteiger partial charge is 0.351 e. The van der Waals surface area contributed by atoms with Crippen LogP contribution in [0.15, 0.2) is 30.7 Å². The first-order valence-corrected chi connectivity index (χ1v) is 5.12. The molecule has 0 unspecified atom stereocenters. The molecule has 0 bridgehead atoms. The van der Waals surface area contributed by atoms with Crippen LogP contribution >= 0.6 is 24.8 Å². The molecule has 1 amide bonds. The second-order valence-electron chi connectivity index (χ2n) is 3.73. The minimum atomic E-state index is -0.477. The molecule has 5 nitrogen and oxygen atoms in total. The maximum atomic E-state index is 11.3. The minimum Gasteiger partial charge on any atom is -0.351 e. The highest BCUT2D eigenvalue weighted by molar-refractivity contribution is 5.85. The van der Waals surface area contributed by atoms with Gasteiger partial charge < -0.3 is 15.5 Å². The monoisotopic (exact) mass is 290 g/mol. The van der Waals surface area contributed by atoms with Gasteiger partial charge in [0.25, 0.3) is 0 Å². The molecular weight excluding hydrogens is 275 g/mol. The van der Waals surface area contributed by atoms with E-state index in [1.165, 1.54) is 0 Å². The van der Waals surface area contributed by atoms with Gasteiger partial charge in [-0.15, -0.1) is 24.8 Å². The highest BCUT2D eigenvalue weighted by atomic mass is 35.5. The van der Waals surface area contributed by atoms with Crippen molar-refractivity contribution < 1.29 is 4.79 Å². The van der Waals surface area contributed by atoms with E-state index in [0.717, 1.165) is 11.2 Å². The van der Waals surface area contributed by atoms with Gasteiger partial charge in [0, 0.05) is 25.1 Å². The first-order chi connectivity index (χ1) is 7.66. The molecule has 0 spiro atoms. The number of amides is 1. The third-order valence-corrected chi connectivity index (χ3v) is 2.34. The van der Waals surface area contributed by atoms with Gasteiger partial charge in [0.05, 0.1) is 6.04 Å². The number of aromatic nitrogens is 2. The molecule has 0 saturated carbocycles. The van der Waals surface area contributed by atoms with Gasteiger partial charge in [0.1, 0.15) is 5.65 Å². The average molecular weight is 291 g/mol. The van der Waals surface area contributed by atoms with Gasteiger partial charge in [0.15, 0.2) is 0 Å². The van der Waals surface area contributed by atoms with Crippen LogP contribution in [-0.4, -0.2) is 21.3 Å². The average Bonchev–Trinajstić information content (AvgIpc) is 2.72. The molecule has 7 heteroatoms. The molecule has 100 valence electrons. The molecule has 2 heterocycles. The van der Waals surface area contributed by atoms with Crippen LogP contribution in [0.3, 0.4) is 0 Å². The molecule has 0 aliphatic heterocycles. The van der Waals surface area contributed by atoms with Gasteiger partial charge >= 0.3 is 0 Å². The standard InChI is InChI=1S/C11H14N4O.2ClH/c1-8(12)11(16)14-7-9-2-4-15-5-3-13-10(15)6-9;;/h2-6,8H,7,12H2,1H3,(H,14,16);2*1H/t8-;;/m1../s1. The molecule has 2 rings (SSSR count). The summed E-state index contributed by atoms with van der Waals surface area (Å²) >= 11 is 0. The van der Waals surface area contributed by atoms with E-state index in [1.807, 2.05) is 28.9 Å². The van der Waals surface area contributed by atoms with Crippen molar-refractivity contribution in [2.24, 2.45) is 5.73 Å². The fourth-order valence-electron chi connectivity index (χ4n) is 1.41. The summed E-state index contributed by atoms with van der Waals surface area (Å²) in [6.45, 7) is 2.14. The van der Waals surface area contributed by atoms with Gasteiger partial charge in [-0.25, -0.2) is 4.98 Å². The third kappa shape index (κ3) is 3.87. The van der Waals surface area contributed by atoms with Crippen LogP contribution in [0.1, 0.15) is 12.5 Å². The molecule has 0 aromatic carbocycles. The minimum absolute atomic E-state index is 0. The number of carbonyl (C=O) groups is 1. The van der Waals surface area contributed by atoms with Crippen molar-refractivity contribution in [1.82, 2.24) is 14.7 Å². The number of hydrogen-bond acceptors (Lipinski definition) is 3. The maximum Gasteiger partial charge on any atom is 0.236 e. The second-order valence-corrected chi connectivity index (χ2v) is 3.73. The quantitative estimate of drug-likeness (QED) is 0.890. The van der Waals surface area contributed by atoms with E-state index in [9.17, 15) is 4.79 Å². The first kappa shape index (κ1) is 16.7. The van der Waals surface area contributed by atoms with Crippen LogP contribution in [0.5, 0.6) is 0 Å². The number of fused-ring (bicyclic) bond motifs is 1. The number of hydrogen-bond donors (Lipinski definition) is 2. The molecule has 0 radical (unpaired) electrons. The SMILES string of the molecule is C[C@@H](N)C(=O)NCc1ccn2ccnc2c1.Cl.Cl. The number of nitrogens with one attached hydrogen (secondary N) is 1. The zero-order valence-corrected chi connectivity index (χ0v) is 11.5. The summed E-state index contributed by atoms with van der Waals surface area (Å²) in [6, 6.07) is 3.40. The van der Waals surface area contributed by atoms with Crippen molar-refractivity contribution in [3.05, 3.63) is 36.3 Å². The Morgan fingerprint density at radius 3 is 2.89 bits per heavy atom. The topological polar surface area (TPSA) is 72.4 Å². The predicted molar refractivity (Wildman–Crippen MR) is 75.2 cm³/mol. The van der Waals surface area contributed by atoms with Gasteiger partial charge in [-0.05, 0) is 24.6 Å². The number of nitrogens with zero attached hydrogens (tertiary/aromatic N) is 2. The second kappa shape index (κ2) is 7.20. The van der Waals surface area contributed by atoms with E-state index >= 15 is 0 Å². The summed E-state index contributed by atoms with van der Waals surface area (Å²) in [6.07, 6.45) is 5.52. The van der Waals surface area contributed by atoms with Crippen LogP contribution < -0.4 is 11.1 Å². The number of nitrogens with two attached hydrogens (primary N) is 1. The molecule has 2 aromatic rings. The smallest absolute Gasteiger partial charge is 0.236 e. The van der Waals surface area contributed by atoms with Crippen molar-refractivity contribution in [3.63, 3.8) is 0 Å². The number of imidazole rings is 1. The molecular formula is C11H16Cl2N4O. The Balaban J connectivity index is 0.00000144. The van der Waals surface area contributed by atoms with Crippen LogP contribution in [0.2, 0.25) is 0 Å². The predicted octanol–water partition coefficient (Wildman–Crippen LogP) is 1.14. The van der Waals surface area contributed by atoms with Crippen LogP contribution in [0, 0.1) is 0 Å². The van der Waals surface area contributed by atoms with E-state index in [1.54, 1.807) is 13.1 Å². The molecule has 2 aromatic heterocycles. The van der Waals surface area contributed by atoms with Crippen molar-refractivity contribution in [1.29, 1.82) is 0 Å². The van der Waals surface area contributed by atoms with Crippen LogP contribution in [0.4, 0.5) is 0 Å². The Morgan fingerprint density at radius 1 is 1.50 bits per heavy atom. The lowest BCUT2D eigenvalue weighted by Crippen LogP contribution is -2.37. The van der Waals surface area contributed by atoms with Crippen LogP contribution in [-0.2, 0) is 11.3 Å². The normalized spacial score (nSPS) is 11.2. The van der Waals surface area contributed by atoms with E-state index in [0.29, 0.717) is 6.54 Å². The lowest BCUT2D eigenvalue weighted by atomic mass is 10.2. The third-order valence-electron chi connectivity index (χ3n) is 2.34. The Bertz CT molecular complexity index is 512. The maximum absolute atomic E-state index is 11.3. The lowest BCUT2D eigenvalue weighted by Gasteiger charge is -2.07. The number of rotatable bonds is 3.